The molecule has 0 fully saturated rings. The molecule has 2 rings (SSSR count). The lowest BCUT2D eigenvalue weighted by Gasteiger charge is -2.07. The molecular formula is C12H12N6. The van der Waals surface area contributed by atoms with E-state index in [0.717, 1.165) is 16.9 Å². The molecule has 0 atom stereocenters. The molecule has 3 N–H and O–H groups in total. The Labute approximate surface area is 104 Å². The highest BCUT2D eigenvalue weighted by Gasteiger charge is 2.00. The monoisotopic (exact) mass is 240 g/mol. The fourth-order valence-electron chi connectivity index (χ4n) is 1.48. The van der Waals surface area contributed by atoms with Crippen LogP contribution in [0.5, 0.6) is 0 Å². The average Bonchev–Trinajstić information content (AvgIpc) is 2.93. The Morgan fingerprint density at radius 3 is 2.72 bits per heavy atom. The summed E-state index contributed by atoms with van der Waals surface area (Å²) in [5.74, 6) is 0.409. The highest BCUT2D eigenvalue weighted by atomic mass is 15.2. The minimum Gasteiger partial charge on any atom is -0.345 e. The van der Waals surface area contributed by atoms with E-state index in [-0.39, 0.29) is 0 Å². The molecule has 0 amide bonds. The Hall–Kier alpha value is -2.81. The minimum absolute atomic E-state index is 0.409. The molecule has 6 nitrogen and oxygen atoms in total. The average molecular weight is 240 g/mol. The van der Waals surface area contributed by atoms with Gasteiger partial charge < -0.3 is 10.3 Å². The standard InChI is InChI=1S/C12H12N6/c1-14-12(16-7-13)18-10-4-2-9(3-5-10)11-6-15-8-17-11/h2-6,8H,1H3,(H,15,17)(H2,14,16,18). The molecule has 0 aliphatic carbocycles. The van der Waals surface area contributed by atoms with E-state index in [1.165, 1.54) is 0 Å². The van der Waals surface area contributed by atoms with Crippen LogP contribution in [0.4, 0.5) is 5.69 Å². The maximum atomic E-state index is 8.52. The molecule has 18 heavy (non-hydrogen) atoms. The van der Waals surface area contributed by atoms with Crippen molar-refractivity contribution in [2.24, 2.45) is 4.99 Å². The topological polar surface area (TPSA) is 88.9 Å². The van der Waals surface area contributed by atoms with Crippen molar-refractivity contribution in [2.75, 3.05) is 12.4 Å². The number of rotatable bonds is 2. The number of H-pyrrole nitrogens is 1. The van der Waals surface area contributed by atoms with Gasteiger partial charge in [0.15, 0.2) is 6.19 Å². The van der Waals surface area contributed by atoms with Crippen LogP contribution in [0.1, 0.15) is 0 Å². The summed E-state index contributed by atoms with van der Waals surface area (Å²) in [5.41, 5.74) is 2.85. The zero-order valence-electron chi connectivity index (χ0n) is 9.81. The Bertz CT molecular complexity index is 562. The largest absolute Gasteiger partial charge is 0.345 e. The number of guanidine groups is 1. The molecule has 0 aliphatic heterocycles. The SMILES string of the molecule is CN=C(NC#N)Nc1ccc(-c2cnc[nH]2)cc1. The summed E-state index contributed by atoms with van der Waals surface area (Å²) in [6.45, 7) is 0. The van der Waals surface area contributed by atoms with Crippen molar-refractivity contribution in [3.05, 3.63) is 36.8 Å². The van der Waals surface area contributed by atoms with Gasteiger partial charge in [0, 0.05) is 12.7 Å². The number of anilines is 1. The minimum atomic E-state index is 0.409. The molecule has 2 aromatic rings. The van der Waals surface area contributed by atoms with Gasteiger partial charge in [0.05, 0.1) is 18.2 Å². The lowest BCUT2D eigenvalue weighted by Crippen LogP contribution is -2.26. The number of nitrogens with one attached hydrogen (secondary N) is 3. The van der Waals surface area contributed by atoms with Gasteiger partial charge in [0.2, 0.25) is 5.96 Å². The molecule has 1 heterocycles. The molecule has 6 heteroatoms. The molecule has 1 aromatic heterocycles. The van der Waals surface area contributed by atoms with Crippen LogP contribution in [-0.2, 0) is 0 Å². The normalized spacial score (nSPS) is 10.8. The third kappa shape index (κ3) is 2.65. The van der Waals surface area contributed by atoms with Crippen LogP contribution in [-0.4, -0.2) is 23.0 Å². The summed E-state index contributed by atoms with van der Waals surface area (Å²) >= 11 is 0. The number of aromatic amines is 1. The van der Waals surface area contributed by atoms with Crippen LogP contribution in [0, 0.1) is 11.5 Å². The highest BCUT2D eigenvalue weighted by molar-refractivity contribution is 5.94. The molecule has 1 aromatic carbocycles. The summed E-state index contributed by atoms with van der Waals surface area (Å²) in [6.07, 6.45) is 5.22. The fourth-order valence-corrected chi connectivity index (χ4v) is 1.48. The molecule has 0 unspecified atom stereocenters. The first-order chi connectivity index (χ1) is 8.83. The number of hydrogen-bond acceptors (Lipinski definition) is 3. The quantitative estimate of drug-likeness (QED) is 0.321. The summed E-state index contributed by atoms with van der Waals surface area (Å²) < 4.78 is 0. The summed E-state index contributed by atoms with van der Waals surface area (Å²) in [5, 5.41) is 14.0. The maximum Gasteiger partial charge on any atom is 0.208 e. The van der Waals surface area contributed by atoms with Crippen molar-refractivity contribution in [3.63, 3.8) is 0 Å². The smallest absolute Gasteiger partial charge is 0.208 e. The number of hydrogen-bond donors (Lipinski definition) is 3. The Morgan fingerprint density at radius 2 is 2.17 bits per heavy atom. The predicted molar refractivity (Wildman–Crippen MR) is 69.8 cm³/mol. The Kier molecular flexibility index (Phi) is 3.56. The molecular weight excluding hydrogens is 228 g/mol. The number of nitrogens with zero attached hydrogens (tertiary/aromatic N) is 3. The van der Waals surface area contributed by atoms with Crippen LogP contribution >= 0.6 is 0 Å². The van der Waals surface area contributed by atoms with E-state index < -0.39 is 0 Å². The molecule has 0 saturated carbocycles. The zero-order valence-corrected chi connectivity index (χ0v) is 9.81. The van der Waals surface area contributed by atoms with Gasteiger partial charge in [-0.1, -0.05) is 12.1 Å². The van der Waals surface area contributed by atoms with Crippen molar-refractivity contribution in [2.45, 2.75) is 0 Å². The summed E-state index contributed by atoms with van der Waals surface area (Å²) in [7, 11) is 1.60. The van der Waals surface area contributed by atoms with Gasteiger partial charge in [0.1, 0.15) is 0 Å². The molecule has 0 bridgehead atoms. The van der Waals surface area contributed by atoms with Crippen LogP contribution in [0.25, 0.3) is 11.3 Å². The fraction of sp³-hybridized carbons (Fsp3) is 0.0833. The molecule has 0 aliphatic rings. The first-order valence-electron chi connectivity index (χ1n) is 5.31. The van der Waals surface area contributed by atoms with Crippen molar-refractivity contribution >= 4 is 11.6 Å². The zero-order chi connectivity index (χ0) is 12.8. The second-order valence-corrected chi connectivity index (χ2v) is 3.48. The summed E-state index contributed by atoms with van der Waals surface area (Å²) in [4.78, 5) is 10.9. The molecule has 90 valence electrons. The maximum absolute atomic E-state index is 8.52. The molecule has 0 saturated heterocycles. The first-order valence-corrected chi connectivity index (χ1v) is 5.31. The lowest BCUT2D eigenvalue weighted by atomic mass is 10.1. The van der Waals surface area contributed by atoms with E-state index >= 15 is 0 Å². The van der Waals surface area contributed by atoms with E-state index in [1.54, 1.807) is 19.6 Å². The van der Waals surface area contributed by atoms with Crippen molar-refractivity contribution < 1.29 is 0 Å². The highest BCUT2D eigenvalue weighted by Crippen LogP contribution is 2.18. The van der Waals surface area contributed by atoms with Gasteiger partial charge in [-0.2, -0.15) is 5.26 Å². The first kappa shape index (κ1) is 11.7. The second-order valence-electron chi connectivity index (χ2n) is 3.48. The van der Waals surface area contributed by atoms with Crippen molar-refractivity contribution in [1.82, 2.24) is 15.3 Å². The Morgan fingerprint density at radius 1 is 1.39 bits per heavy atom. The van der Waals surface area contributed by atoms with Crippen LogP contribution in [0.2, 0.25) is 0 Å². The molecule has 0 spiro atoms. The summed E-state index contributed by atoms with van der Waals surface area (Å²) in [6, 6.07) is 7.71. The number of aromatic nitrogens is 2. The van der Waals surface area contributed by atoms with Crippen LogP contribution in [0.3, 0.4) is 0 Å². The van der Waals surface area contributed by atoms with Gasteiger partial charge in [-0.3, -0.25) is 10.3 Å². The third-order valence-electron chi connectivity index (χ3n) is 2.35. The Balaban J connectivity index is 2.11. The third-order valence-corrected chi connectivity index (χ3v) is 2.35. The van der Waals surface area contributed by atoms with Crippen LogP contribution in [0.15, 0.2) is 41.8 Å². The van der Waals surface area contributed by atoms with E-state index in [1.807, 2.05) is 30.5 Å². The van der Waals surface area contributed by atoms with Gasteiger partial charge >= 0.3 is 0 Å². The van der Waals surface area contributed by atoms with Crippen LogP contribution < -0.4 is 10.6 Å². The van der Waals surface area contributed by atoms with Gasteiger partial charge in [0.25, 0.3) is 0 Å². The van der Waals surface area contributed by atoms with E-state index in [9.17, 15) is 0 Å². The lowest BCUT2D eigenvalue weighted by molar-refractivity contribution is 1.21. The van der Waals surface area contributed by atoms with E-state index in [4.69, 9.17) is 5.26 Å². The molecule has 0 radical (unpaired) electrons. The van der Waals surface area contributed by atoms with E-state index in [0.29, 0.717) is 5.96 Å². The van der Waals surface area contributed by atoms with Gasteiger partial charge in [-0.05, 0) is 17.7 Å². The van der Waals surface area contributed by atoms with Gasteiger partial charge in [-0.25, -0.2) is 4.98 Å². The van der Waals surface area contributed by atoms with Crippen molar-refractivity contribution in [3.8, 4) is 17.5 Å². The van der Waals surface area contributed by atoms with Crippen molar-refractivity contribution in [1.29, 1.82) is 5.26 Å². The predicted octanol–water partition coefficient (Wildman–Crippen LogP) is 1.55. The number of aliphatic imine (C=N–C) groups is 1. The number of imidazole rings is 1. The second kappa shape index (κ2) is 5.50. The van der Waals surface area contributed by atoms with Gasteiger partial charge in [-0.15, -0.1) is 0 Å². The number of nitriles is 1. The van der Waals surface area contributed by atoms with E-state index in [2.05, 4.69) is 25.6 Å². The number of benzene rings is 1.